The average molecular weight is 346 g/mol. The van der Waals surface area contributed by atoms with Crippen molar-refractivity contribution >= 4 is 17.3 Å². The van der Waals surface area contributed by atoms with E-state index in [2.05, 4.69) is 10.6 Å². The van der Waals surface area contributed by atoms with E-state index in [-0.39, 0.29) is 5.91 Å². The van der Waals surface area contributed by atoms with Crippen molar-refractivity contribution in [3.05, 3.63) is 90.0 Å². The normalized spacial score (nSPS) is 11.5. The Kier molecular flexibility index (Phi) is 5.54. The number of methoxy groups -OCH3 is 1. The quantitative estimate of drug-likeness (QED) is 0.674. The second-order valence-corrected chi connectivity index (χ2v) is 6.05. The summed E-state index contributed by atoms with van der Waals surface area (Å²) in [5.41, 5.74) is 3.48. The van der Waals surface area contributed by atoms with E-state index in [9.17, 15) is 4.79 Å². The minimum absolute atomic E-state index is 0.149. The minimum atomic E-state index is -0.524. The molecule has 3 aromatic carbocycles. The van der Waals surface area contributed by atoms with Gasteiger partial charge < -0.3 is 15.4 Å². The van der Waals surface area contributed by atoms with Crippen molar-refractivity contribution in [2.24, 2.45) is 0 Å². The molecule has 0 aromatic heterocycles. The number of ether oxygens (including phenoxy) is 1. The summed E-state index contributed by atoms with van der Waals surface area (Å²) >= 11 is 0. The van der Waals surface area contributed by atoms with Gasteiger partial charge in [-0.05, 0) is 42.3 Å². The zero-order valence-electron chi connectivity index (χ0n) is 14.9. The molecule has 4 nitrogen and oxygen atoms in total. The summed E-state index contributed by atoms with van der Waals surface area (Å²) in [6.07, 6.45) is 0. The highest BCUT2D eigenvalue weighted by molar-refractivity contribution is 5.98. The van der Waals surface area contributed by atoms with Crippen LogP contribution < -0.4 is 15.4 Å². The molecule has 3 rings (SSSR count). The van der Waals surface area contributed by atoms with Crippen molar-refractivity contribution in [3.63, 3.8) is 0 Å². The predicted octanol–water partition coefficient (Wildman–Crippen LogP) is 4.80. The Balaban J connectivity index is 1.89. The van der Waals surface area contributed by atoms with Gasteiger partial charge in [-0.15, -0.1) is 0 Å². The number of amides is 1. The molecule has 0 bridgehead atoms. The molecule has 1 atom stereocenters. The number of benzene rings is 3. The number of hydrogen-bond acceptors (Lipinski definition) is 3. The van der Waals surface area contributed by atoms with Crippen LogP contribution in [-0.2, 0) is 4.79 Å². The molecule has 0 spiro atoms. The minimum Gasteiger partial charge on any atom is -0.495 e. The summed E-state index contributed by atoms with van der Waals surface area (Å²) in [6.45, 7) is 1.98. The van der Waals surface area contributed by atoms with Crippen LogP contribution in [0.4, 0.5) is 11.4 Å². The van der Waals surface area contributed by atoms with Crippen molar-refractivity contribution in [1.82, 2.24) is 0 Å². The molecular formula is C22H22N2O2. The first-order valence-electron chi connectivity index (χ1n) is 8.49. The number of hydrogen-bond donors (Lipinski definition) is 2. The smallest absolute Gasteiger partial charge is 0.251 e. The molecule has 0 aliphatic rings. The standard InChI is InChI=1S/C22H22N2O2/c1-16-13-14-20(26-2)19(15-16)24-22(25)21(17-9-5-3-6-10-17)23-18-11-7-4-8-12-18/h3-15,21,23H,1-2H3,(H,24,25)/t21-/m0/s1. The van der Waals surface area contributed by atoms with Crippen LogP contribution >= 0.6 is 0 Å². The second kappa shape index (κ2) is 8.21. The molecule has 0 radical (unpaired) electrons. The molecule has 0 saturated carbocycles. The molecule has 26 heavy (non-hydrogen) atoms. The first-order valence-corrected chi connectivity index (χ1v) is 8.49. The SMILES string of the molecule is COc1ccc(C)cc1NC(=O)[C@@H](Nc1ccccc1)c1ccccc1. The molecule has 1 amide bonds. The summed E-state index contributed by atoms with van der Waals surface area (Å²) in [6, 6.07) is 24.5. The van der Waals surface area contributed by atoms with Gasteiger partial charge in [-0.1, -0.05) is 54.6 Å². The van der Waals surface area contributed by atoms with Crippen LogP contribution in [0.2, 0.25) is 0 Å². The predicted molar refractivity (Wildman–Crippen MR) is 106 cm³/mol. The van der Waals surface area contributed by atoms with E-state index >= 15 is 0 Å². The van der Waals surface area contributed by atoms with Gasteiger partial charge in [-0.3, -0.25) is 4.79 Å². The zero-order valence-corrected chi connectivity index (χ0v) is 14.9. The number of aryl methyl sites for hydroxylation is 1. The van der Waals surface area contributed by atoms with Crippen LogP contribution in [0.15, 0.2) is 78.9 Å². The lowest BCUT2D eigenvalue weighted by Crippen LogP contribution is -2.27. The van der Waals surface area contributed by atoms with Crippen LogP contribution in [0.1, 0.15) is 17.2 Å². The Morgan fingerprint density at radius 3 is 2.23 bits per heavy atom. The van der Waals surface area contributed by atoms with Crippen molar-refractivity contribution in [1.29, 1.82) is 0 Å². The third kappa shape index (κ3) is 4.22. The Morgan fingerprint density at radius 1 is 0.923 bits per heavy atom. The van der Waals surface area contributed by atoms with Crippen LogP contribution in [0.3, 0.4) is 0 Å². The number of carbonyl (C=O) groups excluding carboxylic acids is 1. The molecule has 4 heteroatoms. The highest BCUT2D eigenvalue weighted by atomic mass is 16.5. The summed E-state index contributed by atoms with van der Waals surface area (Å²) in [5.74, 6) is 0.486. The molecule has 0 aliphatic carbocycles. The Morgan fingerprint density at radius 2 is 1.58 bits per heavy atom. The number of carbonyl (C=O) groups is 1. The molecule has 0 saturated heterocycles. The molecule has 3 aromatic rings. The van der Waals surface area contributed by atoms with Gasteiger partial charge in [0.25, 0.3) is 5.91 Å². The highest BCUT2D eigenvalue weighted by Crippen LogP contribution is 2.27. The Hall–Kier alpha value is -3.27. The third-order valence-electron chi connectivity index (χ3n) is 4.09. The van der Waals surface area contributed by atoms with Crippen LogP contribution in [0.5, 0.6) is 5.75 Å². The monoisotopic (exact) mass is 346 g/mol. The summed E-state index contributed by atoms with van der Waals surface area (Å²) in [7, 11) is 1.59. The average Bonchev–Trinajstić information content (AvgIpc) is 2.68. The third-order valence-corrected chi connectivity index (χ3v) is 4.09. The summed E-state index contributed by atoms with van der Waals surface area (Å²) < 4.78 is 5.37. The first-order chi connectivity index (χ1) is 12.7. The summed E-state index contributed by atoms with van der Waals surface area (Å²) in [4.78, 5) is 13.1. The molecule has 0 heterocycles. The van der Waals surface area contributed by atoms with Crippen molar-refractivity contribution < 1.29 is 9.53 Å². The lowest BCUT2D eigenvalue weighted by Gasteiger charge is -2.21. The highest BCUT2D eigenvalue weighted by Gasteiger charge is 2.21. The summed E-state index contributed by atoms with van der Waals surface area (Å²) in [5, 5.41) is 6.31. The maximum atomic E-state index is 13.1. The van der Waals surface area contributed by atoms with E-state index in [1.807, 2.05) is 85.8 Å². The van der Waals surface area contributed by atoms with E-state index in [1.54, 1.807) is 7.11 Å². The molecule has 0 unspecified atom stereocenters. The molecule has 2 N–H and O–H groups in total. The van der Waals surface area contributed by atoms with Gasteiger partial charge in [-0.2, -0.15) is 0 Å². The van der Waals surface area contributed by atoms with Crippen molar-refractivity contribution in [2.45, 2.75) is 13.0 Å². The van der Waals surface area contributed by atoms with E-state index in [0.717, 1.165) is 16.8 Å². The van der Waals surface area contributed by atoms with Gasteiger partial charge >= 0.3 is 0 Å². The topological polar surface area (TPSA) is 50.4 Å². The van der Waals surface area contributed by atoms with Crippen LogP contribution in [0, 0.1) is 6.92 Å². The van der Waals surface area contributed by atoms with Gasteiger partial charge in [0.05, 0.1) is 12.8 Å². The van der Waals surface area contributed by atoms with Crippen LogP contribution in [0.25, 0.3) is 0 Å². The largest absolute Gasteiger partial charge is 0.495 e. The van der Waals surface area contributed by atoms with Crippen molar-refractivity contribution in [3.8, 4) is 5.75 Å². The van der Waals surface area contributed by atoms with Gasteiger partial charge in [0, 0.05) is 5.69 Å². The molecular weight excluding hydrogens is 324 g/mol. The van der Waals surface area contributed by atoms with E-state index in [1.165, 1.54) is 0 Å². The Labute approximate surface area is 153 Å². The van der Waals surface area contributed by atoms with E-state index in [0.29, 0.717) is 11.4 Å². The second-order valence-electron chi connectivity index (χ2n) is 6.05. The van der Waals surface area contributed by atoms with Crippen molar-refractivity contribution in [2.75, 3.05) is 17.7 Å². The lowest BCUT2D eigenvalue weighted by atomic mass is 10.1. The number of nitrogens with one attached hydrogen (secondary N) is 2. The number of rotatable bonds is 6. The fourth-order valence-electron chi connectivity index (χ4n) is 2.77. The maximum absolute atomic E-state index is 13.1. The first kappa shape index (κ1) is 17.5. The van der Waals surface area contributed by atoms with E-state index < -0.39 is 6.04 Å². The van der Waals surface area contributed by atoms with E-state index in [4.69, 9.17) is 4.74 Å². The van der Waals surface area contributed by atoms with Gasteiger partial charge in [0.15, 0.2) is 0 Å². The molecule has 0 fully saturated rings. The fourth-order valence-corrected chi connectivity index (χ4v) is 2.77. The maximum Gasteiger partial charge on any atom is 0.251 e. The number of para-hydroxylation sites is 1. The number of anilines is 2. The van der Waals surface area contributed by atoms with Gasteiger partial charge in [-0.25, -0.2) is 0 Å². The zero-order chi connectivity index (χ0) is 18.4. The van der Waals surface area contributed by atoms with Gasteiger partial charge in [0.2, 0.25) is 0 Å². The molecule has 132 valence electrons. The molecule has 0 aliphatic heterocycles. The Bertz CT molecular complexity index is 864. The van der Waals surface area contributed by atoms with Gasteiger partial charge in [0.1, 0.15) is 11.8 Å². The fraction of sp³-hybridized carbons (Fsp3) is 0.136. The lowest BCUT2D eigenvalue weighted by molar-refractivity contribution is -0.117. The van der Waals surface area contributed by atoms with Crippen LogP contribution in [-0.4, -0.2) is 13.0 Å².